The van der Waals surface area contributed by atoms with Crippen LogP contribution in [-0.4, -0.2) is 48.6 Å². The third kappa shape index (κ3) is 2.69. The maximum Gasteiger partial charge on any atom is 0.0425 e. The van der Waals surface area contributed by atoms with Gasteiger partial charge in [-0.05, 0) is 52.0 Å². The molecule has 2 rings (SSSR count). The van der Waals surface area contributed by atoms with Gasteiger partial charge in [-0.3, -0.25) is 0 Å². The summed E-state index contributed by atoms with van der Waals surface area (Å²) in [4.78, 5) is 2.43. The lowest BCUT2D eigenvalue weighted by Crippen LogP contribution is -2.53. The van der Waals surface area contributed by atoms with Crippen LogP contribution < -0.4 is 5.32 Å². The molecule has 1 saturated carbocycles. The molecule has 1 N–H and O–H groups in total. The third-order valence-corrected chi connectivity index (χ3v) is 5.35. The Morgan fingerprint density at radius 2 is 2.20 bits per heavy atom. The lowest BCUT2D eigenvalue weighted by molar-refractivity contribution is 0.170. The topological polar surface area (TPSA) is 15.3 Å². The highest BCUT2D eigenvalue weighted by atomic mass is 32.2. The molecule has 1 saturated heterocycles. The Morgan fingerprint density at radius 3 is 2.67 bits per heavy atom. The van der Waals surface area contributed by atoms with Gasteiger partial charge >= 0.3 is 0 Å². The molecule has 0 aromatic carbocycles. The SMILES string of the molecule is CC(NCC1(N(C)C)CCSC1)C1CC1. The zero-order valence-electron chi connectivity index (χ0n) is 10.3. The van der Waals surface area contributed by atoms with Crippen LogP contribution in [0.1, 0.15) is 26.2 Å². The molecule has 1 aliphatic heterocycles. The minimum atomic E-state index is 0.424. The summed E-state index contributed by atoms with van der Waals surface area (Å²) in [6.45, 7) is 3.52. The van der Waals surface area contributed by atoms with Crippen molar-refractivity contribution >= 4 is 11.8 Å². The van der Waals surface area contributed by atoms with Crippen LogP contribution in [0.25, 0.3) is 0 Å². The van der Waals surface area contributed by atoms with Gasteiger partial charge in [0.05, 0.1) is 0 Å². The lowest BCUT2D eigenvalue weighted by Gasteiger charge is -2.37. The van der Waals surface area contributed by atoms with Gasteiger partial charge in [-0.15, -0.1) is 0 Å². The Labute approximate surface area is 98.2 Å². The molecule has 0 spiro atoms. The zero-order chi connectivity index (χ0) is 10.9. The number of nitrogens with one attached hydrogen (secondary N) is 1. The predicted molar refractivity (Wildman–Crippen MR) is 68.5 cm³/mol. The molecule has 0 bridgehead atoms. The van der Waals surface area contributed by atoms with E-state index in [4.69, 9.17) is 0 Å². The highest BCUT2D eigenvalue weighted by Gasteiger charge is 2.37. The summed E-state index contributed by atoms with van der Waals surface area (Å²) in [6, 6.07) is 0.729. The smallest absolute Gasteiger partial charge is 0.0425 e. The van der Waals surface area contributed by atoms with Crippen LogP contribution in [-0.2, 0) is 0 Å². The minimum Gasteiger partial charge on any atom is -0.312 e. The number of nitrogens with zero attached hydrogens (tertiary/aromatic N) is 1. The largest absolute Gasteiger partial charge is 0.312 e. The molecule has 88 valence electrons. The highest BCUT2D eigenvalue weighted by Crippen LogP contribution is 2.34. The maximum atomic E-state index is 3.75. The second kappa shape index (κ2) is 4.64. The number of hydrogen-bond donors (Lipinski definition) is 1. The molecule has 3 heteroatoms. The molecule has 0 aromatic rings. The number of thioether (sulfide) groups is 1. The fourth-order valence-corrected chi connectivity index (χ4v) is 3.91. The Bertz CT molecular complexity index is 208. The van der Waals surface area contributed by atoms with Crippen molar-refractivity contribution in [3.63, 3.8) is 0 Å². The van der Waals surface area contributed by atoms with Crippen LogP contribution in [0.3, 0.4) is 0 Å². The molecule has 2 atom stereocenters. The van der Waals surface area contributed by atoms with E-state index in [9.17, 15) is 0 Å². The standard InChI is InChI=1S/C12H24N2S/c1-10(11-4-5-11)13-8-12(14(2)3)6-7-15-9-12/h10-11,13H,4-9H2,1-3H3. The fraction of sp³-hybridized carbons (Fsp3) is 1.00. The van der Waals surface area contributed by atoms with E-state index in [1.54, 1.807) is 0 Å². The van der Waals surface area contributed by atoms with E-state index in [0.717, 1.165) is 12.0 Å². The molecule has 15 heavy (non-hydrogen) atoms. The number of hydrogen-bond acceptors (Lipinski definition) is 3. The first kappa shape index (κ1) is 11.7. The van der Waals surface area contributed by atoms with Gasteiger partial charge in [0.25, 0.3) is 0 Å². The van der Waals surface area contributed by atoms with Gasteiger partial charge in [0.2, 0.25) is 0 Å². The summed E-state index contributed by atoms with van der Waals surface area (Å²) in [6.07, 6.45) is 4.23. The maximum absolute atomic E-state index is 3.75. The van der Waals surface area contributed by atoms with E-state index in [1.807, 2.05) is 0 Å². The monoisotopic (exact) mass is 228 g/mol. The Morgan fingerprint density at radius 1 is 1.47 bits per heavy atom. The molecule has 0 aromatic heterocycles. The number of rotatable bonds is 5. The van der Waals surface area contributed by atoms with E-state index >= 15 is 0 Å². The summed E-state index contributed by atoms with van der Waals surface area (Å²) in [7, 11) is 4.46. The Hall–Kier alpha value is 0.270. The van der Waals surface area contributed by atoms with Crippen molar-refractivity contribution in [2.45, 2.75) is 37.8 Å². The van der Waals surface area contributed by atoms with Crippen molar-refractivity contribution < 1.29 is 0 Å². The van der Waals surface area contributed by atoms with Gasteiger partial charge in [0.1, 0.15) is 0 Å². The van der Waals surface area contributed by atoms with Gasteiger partial charge in [0, 0.05) is 23.9 Å². The first-order chi connectivity index (χ1) is 7.14. The minimum absolute atomic E-state index is 0.424. The molecule has 2 fully saturated rings. The van der Waals surface area contributed by atoms with Crippen molar-refractivity contribution in [1.29, 1.82) is 0 Å². The van der Waals surface area contributed by atoms with E-state index in [1.165, 1.54) is 37.3 Å². The Kier molecular flexibility index (Phi) is 3.63. The molecule has 2 aliphatic rings. The van der Waals surface area contributed by atoms with E-state index in [0.29, 0.717) is 5.54 Å². The van der Waals surface area contributed by atoms with E-state index in [-0.39, 0.29) is 0 Å². The average molecular weight is 228 g/mol. The summed E-state index contributed by atoms with van der Waals surface area (Å²) in [5, 5.41) is 3.75. The van der Waals surface area contributed by atoms with E-state index < -0.39 is 0 Å². The molecule has 0 amide bonds. The molecule has 2 unspecified atom stereocenters. The van der Waals surface area contributed by atoms with Crippen molar-refractivity contribution in [1.82, 2.24) is 10.2 Å². The van der Waals surface area contributed by atoms with Crippen molar-refractivity contribution in [3.8, 4) is 0 Å². The molecule has 1 aliphatic carbocycles. The average Bonchev–Trinajstić information content (AvgIpc) is 2.94. The van der Waals surface area contributed by atoms with Crippen molar-refractivity contribution in [3.05, 3.63) is 0 Å². The summed E-state index contributed by atoms with van der Waals surface area (Å²) >= 11 is 2.10. The van der Waals surface area contributed by atoms with Gasteiger partial charge in [-0.2, -0.15) is 11.8 Å². The van der Waals surface area contributed by atoms with E-state index in [2.05, 4.69) is 43.0 Å². The Balaban J connectivity index is 1.83. The first-order valence-corrected chi connectivity index (χ1v) is 7.28. The molecule has 1 heterocycles. The second-order valence-corrected chi connectivity index (χ2v) is 6.53. The lowest BCUT2D eigenvalue weighted by atomic mass is 9.97. The van der Waals surface area contributed by atoms with Crippen LogP contribution in [0.15, 0.2) is 0 Å². The molecular formula is C12H24N2S. The zero-order valence-corrected chi connectivity index (χ0v) is 11.1. The fourth-order valence-electron chi connectivity index (χ4n) is 2.36. The highest BCUT2D eigenvalue weighted by molar-refractivity contribution is 7.99. The summed E-state index contributed by atoms with van der Waals surface area (Å²) < 4.78 is 0. The van der Waals surface area contributed by atoms with Crippen LogP contribution in [0.2, 0.25) is 0 Å². The third-order valence-electron chi connectivity index (χ3n) is 4.11. The first-order valence-electron chi connectivity index (χ1n) is 6.13. The quantitative estimate of drug-likeness (QED) is 0.772. The van der Waals surface area contributed by atoms with Gasteiger partial charge < -0.3 is 10.2 Å². The van der Waals surface area contributed by atoms with Crippen molar-refractivity contribution in [2.75, 3.05) is 32.1 Å². The summed E-state index contributed by atoms with van der Waals surface area (Å²) in [5.41, 5.74) is 0.424. The van der Waals surface area contributed by atoms with Gasteiger partial charge in [-0.1, -0.05) is 0 Å². The number of likely N-dealkylation sites (N-methyl/N-ethyl adjacent to an activating group) is 1. The summed E-state index contributed by atoms with van der Waals surface area (Å²) in [5.74, 6) is 3.60. The van der Waals surface area contributed by atoms with Crippen LogP contribution in [0.4, 0.5) is 0 Å². The second-order valence-electron chi connectivity index (χ2n) is 5.43. The van der Waals surface area contributed by atoms with Crippen molar-refractivity contribution in [2.24, 2.45) is 5.92 Å². The van der Waals surface area contributed by atoms with Crippen LogP contribution in [0.5, 0.6) is 0 Å². The van der Waals surface area contributed by atoms with Crippen LogP contribution in [0, 0.1) is 5.92 Å². The molecule has 0 radical (unpaired) electrons. The normalized spacial score (nSPS) is 33.6. The van der Waals surface area contributed by atoms with Gasteiger partial charge in [0.15, 0.2) is 0 Å². The predicted octanol–water partition coefficient (Wildman–Crippen LogP) is 1.81. The van der Waals surface area contributed by atoms with Crippen LogP contribution >= 0.6 is 11.8 Å². The molecular weight excluding hydrogens is 204 g/mol. The van der Waals surface area contributed by atoms with Gasteiger partial charge in [-0.25, -0.2) is 0 Å². The molecule has 2 nitrogen and oxygen atoms in total.